The van der Waals surface area contributed by atoms with Crippen molar-refractivity contribution in [1.82, 2.24) is 0 Å². The van der Waals surface area contributed by atoms with Gasteiger partial charge in [-0.1, -0.05) is 60.7 Å². The van der Waals surface area contributed by atoms with Crippen molar-refractivity contribution in [2.24, 2.45) is 0 Å². The maximum atomic E-state index is 12.3. The van der Waals surface area contributed by atoms with Crippen LogP contribution < -0.4 is 0 Å². The first kappa shape index (κ1) is 12.0. The van der Waals surface area contributed by atoms with E-state index in [1.54, 1.807) is 24.3 Å². The van der Waals surface area contributed by atoms with E-state index in [2.05, 4.69) is 0 Å². The minimum absolute atomic E-state index is 0.145. The van der Waals surface area contributed by atoms with Gasteiger partial charge < -0.3 is 0 Å². The van der Waals surface area contributed by atoms with Crippen molar-refractivity contribution >= 4 is 17.6 Å². The number of allylic oxidation sites excluding steroid dienone is 2. The molecule has 0 aromatic heterocycles. The molecule has 0 N–H and O–H groups in total. The average molecular weight is 236 g/mol. The Kier molecular flexibility index (Phi) is 3.82. The van der Waals surface area contributed by atoms with E-state index in [0.29, 0.717) is 17.4 Å². The maximum Gasteiger partial charge on any atom is 0.193 e. The first-order valence-electron chi connectivity index (χ1n) is 5.63. The summed E-state index contributed by atoms with van der Waals surface area (Å²) in [5.41, 5.74) is 1.74. The second kappa shape index (κ2) is 5.73. The Morgan fingerprint density at radius 2 is 1.28 bits per heavy atom. The number of ketones is 1. The molecule has 0 bridgehead atoms. The van der Waals surface area contributed by atoms with E-state index in [9.17, 15) is 9.59 Å². The molecule has 2 rings (SSSR count). The minimum Gasteiger partial charge on any atom is -0.299 e. The summed E-state index contributed by atoms with van der Waals surface area (Å²) in [7, 11) is 0. The summed E-state index contributed by atoms with van der Waals surface area (Å²) in [6.45, 7) is 0. The lowest BCUT2D eigenvalue weighted by Crippen LogP contribution is -2.02. The Labute approximate surface area is 106 Å². The number of Topliss-reactive ketones (excluding diaryl/α,β-unsaturated/α-hetero) is 1. The van der Waals surface area contributed by atoms with Crippen LogP contribution in [-0.2, 0) is 4.79 Å². The molecule has 0 fully saturated rings. The van der Waals surface area contributed by atoms with Gasteiger partial charge in [-0.3, -0.25) is 9.59 Å². The van der Waals surface area contributed by atoms with Crippen molar-refractivity contribution in [3.05, 3.63) is 77.9 Å². The number of hydrogen-bond acceptors (Lipinski definition) is 2. The van der Waals surface area contributed by atoms with Crippen molar-refractivity contribution in [2.75, 3.05) is 0 Å². The number of carbonyl (C=O) groups is 2. The number of aldehydes is 1. The molecule has 0 aliphatic rings. The molecule has 0 amide bonds. The van der Waals surface area contributed by atoms with Gasteiger partial charge in [0.1, 0.15) is 6.29 Å². The topological polar surface area (TPSA) is 34.1 Å². The fourth-order valence-electron chi connectivity index (χ4n) is 1.73. The summed E-state index contributed by atoms with van der Waals surface area (Å²) in [6.07, 6.45) is 1.95. The van der Waals surface area contributed by atoms with Gasteiger partial charge in [0.15, 0.2) is 5.78 Å². The molecule has 0 aliphatic carbocycles. The third-order valence-corrected chi connectivity index (χ3v) is 2.60. The zero-order valence-corrected chi connectivity index (χ0v) is 9.74. The molecule has 2 heteroatoms. The average Bonchev–Trinajstić information content (AvgIpc) is 2.46. The number of benzene rings is 2. The number of carbonyl (C=O) groups excluding carboxylic acids is 2. The van der Waals surface area contributed by atoms with Gasteiger partial charge in [0.05, 0.1) is 0 Å². The van der Waals surface area contributed by atoms with Crippen molar-refractivity contribution in [1.29, 1.82) is 0 Å². The predicted molar refractivity (Wildman–Crippen MR) is 71.3 cm³/mol. The van der Waals surface area contributed by atoms with Gasteiger partial charge in [0, 0.05) is 11.1 Å². The van der Waals surface area contributed by atoms with E-state index in [1.807, 2.05) is 36.4 Å². The molecule has 88 valence electrons. The van der Waals surface area contributed by atoms with Crippen LogP contribution in [0.3, 0.4) is 0 Å². The van der Waals surface area contributed by atoms with Gasteiger partial charge in [-0.2, -0.15) is 0 Å². The Morgan fingerprint density at radius 3 is 1.78 bits per heavy atom. The third kappa shape index (κ3) is 2.61. The lowest BCUT2D eigenvalue weighted by Gasteiger charge is -2.05. The molecule has 0 saturated carbocycles. The Balaban J connectivity index is 2.42. The molecule has 0 atom stereocenters. The Hall–Kier alpha value is -2.48. The van der Waals surface area contributed by atoms with E-state index >= 15 is 0 Å². The van der Waals surface area contributed by atoms with Crippen LogP contribution in [0.5, 0.6) is 0 Å². The molecule has 0 radical (unpaired) electrons. The SMILES string of the molecule is O=CC=C(C(=O)c1ccccc1)c1ccccc1. The van der Waals surface area contributed by atoms with Crippen LogP contribution >= 0.6 is 0 Å². The van der Waals surface area contributed by atoms with Gasteiger partial charge >= 0.3 is 0 Å². The molecule has 18 heavy (non-hydrogen) atoms. The summed E-state index contributed by atoms with van der Waals surface area (Å²) in [5.74, 6) is -0.145. The highest BCUT2D eigenvalue weighted by Gasteiger charge is 2.13. The fraction of sp³-hybridized carbons (Fsp3) is 0. The second-order valence-corrected chi connectivity index (χ2v) is 3.78. The van der Waals surface area contributed by atoms with Crippen LogP contribution in [0, 0.1) is 0 Å². The molecule has 2 nitrogen and oxygen atoms in total. The van der Waals surface area contributed by atoms with E-state index in [-0.39, 0.29) is 5.78 Å². The summed E-state index contributed by atoms with van der Waals surface area (Å²) in [4.78, 5) is 23.0. The Morgan fingerprint density at radius 1 is 0.778 bits per heavy atom. The van der Waals surface area contributed by atoms with Gasteiger partial charge in [0.2, 0.25) is 0 Å². The Bertz CT molecular complexity index is 569. The molecule has 2 aromatic carbocycles. The smallest absolute Gasteiger partial charge is 0.193 e. The molecule has 0 heterocycles. The zero-order chi connectivity index (χ0) is 12.8. The van der Waals surface area contributed by atoms with E-state index < -0.39 is 0 Å². The van der Waals surface area contributed by atoms with Crippen LogP contribution in [0.1, 0.15) is 15.9 Å². The highest BCUT2D eigenvalue weighted by Crippen LogP contribution is 2.19. The van der Waals surface area contributed by atoms with Crippen molar-refractivity contribution in [3.63, 3.8) is 0 Å². The summed E-state index contributed by atoms with van der Waals surface area (Å²) < 4.78 is 0. The summed E-state index contributed by atoms with van der Waals surface area (Å²) in [6, 6.07) is 18.1. The minimum atomic E-state index is -0.145. The van der Waals surface area contributed by atoms with Crippen LogP contribution in [-0.4, -0.2) is 12.1 Å². The monoisotopic (exact) mass is 236 g/mol. The summed E-state index contributed by atoms with van der Waals surface area (Å²) >= 11 is 0. The predicted octanol–water partition coefficient (Wildman–Crippen LogP) is 3.15. The van der Waals surface area contributed by atoms with E-state index in [4.69, 9.17) is 0 Å². The lowest BCUT2D eigenvalue weighted by atomic mass is 9.97. The summed E-state index contributed by atoms with van der Waals surface area (Å²) in [5, 5.41) is 0. The highest BCUT2D eigenvalue weighted by molar-refractivity contribution is 6.30. The van der Waals surface area contributed by atoms with Gasteiger partial charge in [-0.15, -0.1) is 0 Å². The maximum absolute atomic E-state index is 12.3. The molecular weight excluding hydrogens is 224 g/mol. The molecular formula is C16H12O2. The highest BCUT2D eigenvalue weighted by atomic mass is 16.1. The fourth-order valence-corrected chi connectivity index (χ4v) is 1.73. The first-order valence-corrected chi connectivity index (χ1v) is 5.63. The second-order valence-electron chi connectivity index (χ2n) is 3.78. The van der Waals surface area contributed by atoms with Gasteiger partial charge in [-0.05, 0) is 11.6 Å². The molecule has 0 aliphatic heterocycles. The van der Waals surface area contributed by atoms with Gasteiger partial charge in [-0.25, -0.2) is 0 Å². The van der Waals surface area contributed by atoms with Gasteiger partial charge in [0.25, 0.3) is 0 Å². The lowest BCUT2D eigenvalue weighted by molar-refractivity contribution is -0.104. The zero-order valence-electron chi connectivity index (χ0n) is 9.74. The van der Waals surface area contributed by atoms with Crippen LogP contribution in [0.4, 0.5) is 0 Å². The van der Waals surface area contributed by atoms with E-state index in [0.717, 1.165) is 5.56 Å². The van der Waals surface area contributed by atoms with Crippen LogP contribution in [0.15, 0.2) is 66.7 Å². The molecule has 0 unspecified atom stereocenters. The van der Waals surface area contributed by atoms with E-state index in [1.165, 1.54) is 6.08 Å². The van der Waals surface area contributed by atoms with Crippen molar-refractivity contribution in [3.8, 4) is 0 Å². The van der Waals surface area contributed by atoms with Crippen molar-refractivity contribution in [2.45, 2.75) is 0 Å². The molecule has 0 spiro atoms. The largest absolute Gasteiger partial charge is 0.299 e. The van der Waals surface area contributed by atoms with Crippen LogP contribution in [0.2, 0.25) is 0 Å². The first-order chi connectivity index (χ1) is 8.83. The number of rotatable bonds is 4. The third-order valence-electron chi connectivity index (χ3n) is 2.60. The van der Waals surface area contributed by atoms with Crippen molar-refractivity contribution < 1.29 is 9.59 Å². The standard InChI is InChI=1S/C16H12O2/c17-12-11-15(13-7-3-1-4-8-13)16(18)14-9-5-2-6-10-14/h1-12H. The quantitative estimate of drug-likeness (QED) is 0.464. The number of hydrogen-bond donors (Lipinski definition) is 0. The van der Waals surface area contributed by atoms with Crippen LogP contribution in [0.25, 0.3) is 5.57 Å². The molecule has 2 aromatic rings. The molecule has 0 saturated heterocycles. The normalized spacial score (nSPS) is 11.0.